The number of para-hydroxylation sites is 1. The van der Waals surface area contributed by atoms with E-state index in [0.29, 0.717) is 35.7 Å². The van der Waals surface area contributed by atoms with Gasteiger partial charge in [-0.1, -0.05) is 24.3 Å². The van der Waals surface area contributed by atoms with Gasteiger partial charge in [0.25, 0.3) is 5.88 Å². The van der Waals surface area contributed by atoms with Crippen LogP contribution in [-0.4, -0.2) is 55.3 Å². The maximum atomic E-state index is 13.2. The van der Waals surface area contributed by atoms with Crippen molar-refractivity contribution in [1.29, 1.82) is 0 Å². The van der Waals surface area contributed by atoms with Gasteiger partial charge in [-0.2, -0.15) is 0 Å². The number of imidazole rings is 1. The lowest BCUT2D eigenvalue weighted by molar-refractivity contribution is 0.296. The smallest absolute Gasteiger partial charge is 0.327 e. The minimum atomic E-state index is -3.49. The van der Waals surface area contributed by atoms with Crippen LogP contribution >= 0.6 is 0 Å². The first-order valence-electron chi connectivity index (χ1n) is 11.6. The highest BCUT2D eigenvalue weighted by molar-refractivity contribution is 7.90. The van der Waals surface area contributed by atoms with Crippen LogP contribution in [0.4, 0.5) is 0 Å². The number of benzene rings is 2. The van der Waals surface area contributed by atoms with Gasteiger partial charge < -0.3 is 19.2 Å². The van der Waals surface area contributed by atoms with Crippen LogP contribution in [0.3, 0.4) is 0 Å². The molecule has 0 unspecified atom stereocenters. The summed E-state index contributed by atoms with van der Waals surface area (Å²) in [5.74, 6) is 1.07. The number of rotatable bonds is 10. The molecule has 4 rings (SSSR count). The molecule has 2 aromatic carbocycles. The van der Waals surface area contributed by atoms with Crippen LogP contribution in [0.1, 0.15) is 25.6 Å². The Hall–Kier alpha value is -3.79. The van der Waals surface area contributed by atoms with Crippen molar-refractivity contribution < 1.29 is 22.6 Å². The molecule has 0 saturated carbocycles. The quantitative estimate of drug-likeness (QED) is 0.344. The van der Waals surface area contributed by atoms with E-state index < -0.39 is 21.6 Å². The molecule has 0 aliphatic rings. The maximum absolute atomic E-state index is 13.2. The highest BCUT2D eigenvalue weighted by Crippen LogP contribution is 2.33. The molecule has 2 aromatic heterocycles. The number of H-pyrrole nitrogens is 1. The third-order valence-electron chi connectivity index (χ3n) is 5.68. The standard InChI is InChI=1S/C26H29N3O6S/c1-5-34-23-10-8-7-9-18(23)17-11-13-21-20(15-17)28-26(30)29(21)22(16-36(4,31)32)19-12-14-24(33-3)25(27-19)35-6-2/h7-15,22H,5-6,16H2,1-4H3,(H,28,30)/t22-/m1/s1. The number of methoxy groups -OCH3 is 1. The fraction of sp³-hybridized carbons (Fsp3) is 0.308. The molecule has 190 valence electrons. The predicted molar refractivity (Wildman–Crippen MR) is 139 cm³/mol. The first kappa shape index (κ1) is 25.3. The number of aromatic nitrogens is 3. The van der Waals surface area contributed by atoms with Crippen molar-refractivity contribution in [3.63, 3.8) is 0 Å². The minimum Gasteiger partial charge on any atom is -0.493 e. The van der Waals surface area contributed by atoms with E-state index in [1.54, 1.807) is 18.2 Å². The van der Waals surface area contributed by atoms with Gasteiger partial charge in [0, 0.05) is 11.8 Å². The van der Waals surface area contributed by atoms with Gasteiger partial charge in [-0.15, -0.1) is 0 Å². The summed E-state index contributed by atoms with van der Waals surface area (Å²) in [5.41, 5.74) is 2.81. The van der Waals surface area contributed by atoms with E-state index in [0.717, 1.165) is 23.1 Å². The summed E-state index contributed by atoms with van der Waals surface area (Å²) in [6.45, 7) is 4.61. The van der Waals surface area contributed by atoms with Crippen molar-refractivity contribution >= 4 is 20.9 Å². The number of aromatic amines is 1. The van der Waals surface area contributed by atoms with Gasteiger partial charge in [0.05, 0.1) is 48.8 Å². The predicted octanol–water partition coefficient (Wildman–Crippen LogP) is 3.83. The van der Waals surface area contributed by atoms with Crippen LogP contribution in [0.5, 0.6) is 17.4 Å². The Morgan fingerprint density at radius 3 is 2.44 bits per heavy atom. The van der Waals surface area contributed by atoms with Crippen molar-refractivity contribution in [1.82, 2.24) is 14.5 Å². The van der Waals surface area contributed by atoms with Gasteiger partial charge in [-0.05, 0) is 49.7 Å². The molecule has 4 aromatic rings. The van der Waals surface area contributed by atoms with Gasteiger partial charge in [-0.3, -0.25) is 4.57 Å². The third kappa shape index (κ3) is 5.23. The fourth-order valence-corrected chi connectivity index (χ4v) is 5.09. The molecule has 0 bridgehead atoms. The molecule has 0 aliphatic heterocycles. The Kier molecular flexibility index (Phi) is 7.35. The second kappa shape index (κ2) is 10.4. The average molecular weight is 512 g/mol. The van der Waals surface area contributed by atoms with Crippen molar-refractivity contribution in [3.8, 4) is 28.5 Å². The largest absolute Gasteiger partial charge is 0.493 e. The van der Waals surface area contributed by atoms with Gasteiger partial charge in [0.2, 0.25) is 0 Å². The van der Waals surface area contributed by atoms with Crippen molar-refractivity contribution in [2.45, 2.75) is 19.9 Å². The summed E-state index contributed by atoms with van der Waals surface area (Å²) >= 11 is 0. The minimum absolute atomic E-state index is 0.235. The lowest BCUT2D eigenvalue weighted by Crippen LogP contribution is -2.29. The second-order valence-corrected chi connectivity index (χ2v) is 10.4. The van der Waals surface area contributed by atoms with Crippen molar-refractivity contribution in [2.24, 2.45) is 0 Å². The topological polar surface area (TPSA) is 113 Å². The molecule has 1 atom stereocenters. The summed E-state index contributed by atoms with van der Waals surface area (Å²) < 4.78 is 42.9. The normalized spacial score (nSPS) is 12.4. The van der Waals surface area contributed by atoms with Crippen LogP contribution in [-0.2, 0) is 9.84 Å². The number of nitrogens with one attached hydrogen (secondary N) is 1. The maximum Gasteiger partial charge on any atom is 0.327 e. The highest BCUT2D eigenvalue weighted by Gasteiger charge is 2.26. The fourth-order valence-electron chi connectivity index (χ4n) is 4.20. The molecule has 9 nitrogen and oxygen atoms in total. The Balaban J connectivity index is 1.87. The Morgan fingerprint density at radius 2 is 1.75 bits per heavy atom. The summed E-state index contributed by atoms with van der Waals surface area (Å²) in [6, 6.07) is 15.6. The molecule has 0 saturated heterocycles. The molecule has 0 radical (unpaired) electrons. The first-order valence-corrected chi connectivity index (χ1v) is 13.6. The summed E-state index contributed by atoms with van der Waals surface area (Å²) in [6.07, 6.45) is 1.13. The van der Waals surface area contributed by atoms with Crippen molar-refractivity contribution in [2.75, 3.05) is 32.3 Å². The molecule has 2 heterocycles. The molecule has 0 spiro atoms. The molecule has 1 N–H and O–H groups in total. The number of sulfone groups is 1. The SMILES string of the molecule is CCOc1ccccc1-c1ccc2c(c1)[nH]c(=O)n2[C@H](CS(C)(=O)=O)c1ccc(OC)c(OCC)n1. The third-order valence-corrected chi connectivity index (χ3v) is 6.60. The number of hydrogen-bond acceptors (Lipinski definition) is 7. The molecule has 0 amide bonds. The van der Waals surface area contributed by atoms with E-state index in [9.17, 15) is 13.2 Å². The highest BCUT2D eigenvalue weighted by atomic mass is 32.2. The van der Waals surface area contributed by atoms with Gasteiger partial charge in [0.15, 0.2) is 5.75 Å². The van der Waals surface area contributed by atoms with E-state index in [2.05, 4.69) is 9.97 Å². The lowest BCUT2D eigenvalue weighted by Gasteiger charge is -2.19. The number of nitrogens with zero attached hydrogens (tertiary/aromatic N) is 2. The number of pyridine rings is 1. The second-order valence-electron chi connectivity index (χ2n) is 8.25. The lowest BCUT2D eigenvalue weighted by atomic mass is 10.0. The number of hydrogen-bond donors (Lipinski definition) is 1. The first-order chi connectivity index (χ1) is 17.3. The molecule has 0 fully saturated rings. The van der Waals surface area contributed by atoms with Gasteiger partial charge in [0.1, 0.15) is 15.6 Å². The van der Waals surface area contributed by atoms with E-state index in [-0.39, 0.29) is 11.6 Å². The number of fused-ring (bicyclic) bond motifs is 1. The van der Waals surface area contributed by atoms with E-state index in [4.69, 9.17) is 14.2 Å². The van der Waals surface area contributed by atoms with Crippen LogP contribution < -0.4 is 19.9 Å². The molecule has 0 aliphatic carbocycles. The Morgan fingerprint density at radius 1 is 1.00 bits per heavy atom. The molecule has 36 heavy (non-hydrogen) atoms. The molecular formula is C26H29N3O6S. The van der Waals surface area contributed by atoms with E-state index in [1.807, 2.05) is 50.2 Å². The van der Waals surface area contributed by atoms with Gasteiger partial charge in [-0.25, -0.2) is 18.2 Å². The summed E-state index contributed by atoms with van der Waals surface area (Å²) in [4.78, 5) is 20.6. The average Bonchev–Trinajstić information content (AvgIpc) is 3.17. The van der Waals surface area contributed by atoms with Crippen LogP contribution in [0, 0.1) is 0 Å². The van der Waals surface area contributed by atoms with Crippen molar-refractivity contribution in [3.05, 3.63) is 70.8 Å². The zero-order valence-electron chi connectivity index (χ0n) is 20.6. The van der Waals surface area contributed by atoms with Crippen LogP contribution in [0.2, 0.25) is 0 Å². The summed E-state index contributed by atoms with van der Waals surface area (Å²) in [5, 5.41) is 0. The van der Waals surface area contributed by atoms with E-state index in [1.165, 1.54) is 11.7 Å². The zero-order chi connectivity index (χ0) is 25.9. The van der Waals surface area contributed by atoms with Crippen LogP contribution in [0.25, 0.3) is 22.2 Å². The van der Waals surface area contributed by atoms with E-state index >= 15 is 0 Å². The molecule has 10 heteroatoms. The zero-order valence-corrected chi connectivity index (χ0v) is 21.5. The Bertz CT molecular complexity index is 1540. The number of ether oxygens (including phenoxy) is 3. The van der Waals surface area contributed by atoms with Gasteiger partial charge >= 0.3 is 5.69 Å². The van der Waals surface area contributed by atoms with Crippen LogP contribution in [0.15, 0.2) is 59.4 Å². The summed E-state index contributed by atoms with van der Waals surface area (Å²) in [7, 11) is -1.99. The Labute approximate surface area is 209 Å². The molecular weight excluding hydrogens is 482 g/mol. The monoisotopic (exact) mass is 511 g/mol.